The largest absolute Gasteiger partial charge is 0.395 e. The molecule has 2 rings (SSSR count). The van der Waals surface area contributed by atoms with Gasteiger partial charge in [0.15, 0.2) is 0 Å². The van der Waals surface area contributed by atoms with Crippen LogP contribution in [-0.4, -0.2) is 69.7 Å². The minimum Gasteiger partial charge on any atom is -0.395 e. The molecular formula is C14H24N4O3. The summed E-state index contributed by atoms with van der Waals surface area (Å²) < 4.78 is 1.49. The Hall–Kier alpha value is -1.44. The van der Waals surface area contributed by atoms with Crippen molar-refractivity contribution in [2.75, 3.05) is 32.8 Å². The number of aromatic nitrogens is 2. The Balaban J connectivity index is 1.79. The van der Waals surface area contributed by atoms with E-state index in [4.69, 9.17) is 5.11 Å². The minimum absolute atomic E-state index is 0.0477. The van der Waals surface area contributed by atoms with Gasteiger partial charge in [-0.3, -0.25) is 14.4 Å². The van der Waals surface area contributed by atoms with E-state index >= 15 is 0 Å². The fourth-order valence-electron chi connectivity index (χ4n) is 2.76. The van der Waals surface area contributed by atoms with Gasteiger partial charge in [-0.05, 0) is 25.5 Å². The number of nitrogens with one attached hydrogen (secondary N) is 1. The fraction of sp³-hybridized carbons (Fsp3) is 0.714. The van der Waals surface area contributed by atoms with Gasteiger partial charge >= 0.3 is 0 Å². The van der Waals surface area contributed by atoms with Crippen molar-refractivity contribution in [3.8, 4) is 0 Å². The number of amides is 1. The van der Waals surface area contributed by atoms with Crippen LogP contribution in [0.5, 0.6) is 0 Å². The number of hydrogen-bond acceptors (Lipinski definition) is 5. The molecule has 1 aliphatic heterocycles. The molecule has 118 valence electrons. The van der Waals surface area contributed by atoms with Crippen molar-refractivity contribution in [2.24, 2.45) is 0 Å². The van der Waals surface area contributed by atoms with Gasteiger partial charge in [0, 0.05) is 25.3 Å². The fourth-order valence-corrected chi connectivity index (χ4v) is 2.76. The van der Waals surface area contributed by atoms with Crippen molar-refractivity contribution in [1.29, 1.82) is 0 Å². The molecule has 0 bridgehead atoms. The molecule has 0 aromatic carbocycles. The van der Waals surface area contributed by atoms with E-state index in [1.54, 1.807) is 12.3 Å². The molecule has 1 fully saturated rings. The third-order valence-electron chi connectivity index (χ3n) is 3.91. The number of rotatable bonds is 7. The first-order valence-corrected chi connectivity index (χ1v) is 7.52. The van der Waals surface area contributed by atoms with Gasteiger partial charge in [-0.25, -0.2) is 0 Å². The number of piperidine rings is 1. The third kappa shape index (κ3) is 4.26. The summed E-state index contributed by atoms with van der Waals surface area (Å²) in [6.45, 7) is 2.70. The normalized spacial score (nSPS) is 19.6. The molecule has 1 aromatic rings. The van der Waals surface area contributed by atoms with Crippen LogP contribution in [0.2, 0.25) is 0 Å². The molecular weight excluding hydrogens is 272 g/mol. The maximum atomic E-state index is 12.1. The molecule has 0 unspecified atom stereocenters. The Morgan fingerprint density at radius 3 is 3.00 bits per heavy atom. The van der Waals surface area contributed by atoms with Gasteiger partial charge in [-0.1, -0.05) is 6.42 Å². The van der Waals surface area contributed by atoms with Gasteiger partial charge in [0.1, 0.15) is 5.69 Å². The van der Waals surface area contributed by atoms with E-state index in [-0.39, 0.29) is 25.2 Å². The number of aliphatic hydroxyl groups is 2. The number of aliphatic hydroxyl groups excluding tert-OH is 2. The molecule has 0 spiro atoms. The van der Waals surface area contributed by atoms with Crippen LogP contribution in [0.25, 0.3) is 0 Å². The van der Waals surface area contributed by atoms with Gasteiger partial charge in [-0.2, -0.15) is 5.10 Å². The summed E-state index contributed by atoms with van der Waals surface area (Å²) in [5.41, 5.74) is 0.460. The molecule has 1 aromatic heterocycles. The predicted molar refractivity (Wildman–Crippen MR) is 77.9 cm³/mol. The number of carbonyl (C=O) groups is 1. The summed E-state index contributed by atoms with van der Waals surface area (Å²) in [5.74, 6) is -0.182. The lowest BCUT2D eigenvalue weighted by Crippen LogP contribution is -2.45. The molecule has 1 atom stereocenters. The average molecular weight is 296 g/mol. The average Bonchev–Trinajstić information content (AvgIpc) is 2.96. The van der Waals surface area contributed by atoms with Crippen molar-refractivity contribution in [3.63, 3.8) is 0 Å². The van der Waals surface area contributed by atoms with Crippen LogP contribution in [0.15, 0.2) is 12.3 Å². The van der Waals surface area contributed by atoms with Gasteiger partial charge in [-0.15, -0.1) is 0 Å². The first-order valence-electron chi connectivity index (χ1n) is 7.52. The monoisotopic (exact) mass is 296 g/mol. The molecule has 1 saturated heterocycles. The molecule has 0 saturated carbocycles. The highest BCUT2D eigenvalue weighted by atomic mass is 16.3. The maximum absolute atomic E-state index is 12.1. The number of hydrogen-bond donors (Lipinski definition) is 3. The van der Waals surface area contributed by atoms with Crippen molar-refractivity contribution in [3.05, 3.63) is 18.0 Å². The lowest BCUT2D eigenvalue weighted by molar-refractivity contribution is 0.0843. The van der Waals surface area contributed by atoms with Crippen LogP contribution in [0.3, 0.4) is 0 Å². The van der Waals surface area contributed by atoms with Crippen LogP contribution in [0.4, 0.5) is 0 Å². The van der Waals surface area contributed by atoms with Gasteiger partial charge in [0.05, 0.1) is 19.8 Å². The molecule has 1 amide bonds. The van der Waals surface area contributed by atoms with E-state index in [2.05, 4.69) is 15.3 Å². The molecule has 7 heteroatoms. The molecule has 7 nitrogen and oxygen atoms in total. The zero-order valence-electron chi connectivity index (χ0n) is 12.2. The summed E-state index contributed by atoms with van der Waals surface area (Å²) in [6.07, 6.45) is 4.88. The van der Waals surface area contributed by atoms with E-state index in [1.807, 2.05) is 0 Å². The molecule has 0 radical (unpaired) electrons. The van der Waals surface area contributed by atoms with E-state index in [0.717, 1.165) is 32.4 Å². The standard InChI is InChI=1S/C14H24N4O3/c19-10-9-18-13(4-5-16-18)14(21)15-6-8-17-7-2-1-3-12(17)11-20/h4-5,12,19-20H,1-3,6-11H2,(H,15,21)/t12-/m0/s1. The first-order chi connectivity index (χ1) is 10.3. The van der Waals surface area contributed by atoms with E-state index in [0.29, 0.717) is 18.8 Å². The third-order valence-corrected chi connectivity index (χ3v) is 3.91. The van der Waals surface area contributed by atoms with Gasteiger partial charge < -0.3 is 15.5 Å². The lowest BCUT2D eigenvalue weighted by atomic mass is 10.0. The molecule has 21 heavy (non-hydrogen) atoms. The number of likely N-dealkylation sites (tertiary alicyclic amines) is 1. The van der Waals surface area contributed by atoms with Crippen molar-refractivity contribution < 1.29 is 15.0 Å². The highest BCUT2D eigenvalue weighted by Gasteiger charge is 2.21. The minimum atomic E-state index is -0.182. The van der Waals surface area contributed by atoms with Crippen LogP contribution in [-0.2, 0) is 6.54 Å². The highest BCUT2D eigenvalue weighted by molar-refractivity contribution is 5.92. The van der Waals surface area contributed by atoms with Crippen molar-refractivity contribution in [1.82, 2.24) is 20.0 Å². The summed E-state index contributed by atoms with van der Waals surface area (Å²) in [5, 5.41) is 25.1. The summed E-state index contributed by atoms with van der Waals surface area (Å²) in [7, 11) is 0. The second-order valence-electron chi connectivity index (χ2n) is 5.29. The molecule has 1 aliphatic rings. The Morgan fingerprint density at radius 1 is 1.38 bits per heavy atom. The smallest absolute Gasteiger partial charge is 0.269 e. The second kappa shape index (κ2) is 8.11. The molecule has 2 heterocycles. The quantitative estimate of drug-likeness (QED) is 0.628. The van der Waals surface area contributed by atoms with Crippen molar-refractivity contribution >= 4 is 5.91 Å². The molecule has 0 aliphatic carbocycles. The van der Waals surface area contributed by atoms with E-state index in [9.17, 15) is 9.90 Å². The van der Waals surface area contributed by atoms with Crippen LogP contribution in [0.1, 0.15) is 29.8 Å². The van der Waals surface area contributed by atoms with Crippen LogP contribution >= 0.6 is 0 Å². The van der Waals surface area contributed by atoms with Gasteiger partial charge in [0.2, 0.25) is 0 Å². The second-order valence-corrected chi connectivity index (χ2v) is 5.29. The molecule has 3 N–H and O–H groups in total. The predicted octanol–water partition coefficient (Wildman–Crippen LogP) is -0.548. The van der Waals surface area contributed by atoms with Gasteiger partial charge in [0.25, 0.3) is 5.91 Å². The zero-order chi connectivity index (χ0) is 15.1. The van der Waals surface area contributed by atoms with Crippen LogP contribution < -0.4 is 5.32 Å². The topological polar surface area (TPSA) is 90.6 Å². The zero-order valence-corrected chi connectivity index (χ0v) is 12.2. The first kappa shape index (κ1) is 15.9. The summed E-state index contributed by atoms with van der Waals surface area (Å²) in [4.78, 5) is 14.3. The Bertz CT molecular complexity index is 449. The van der Waals surface area contributed by atoms with E-state index < -0.39 is 0 Å². The summed E-state index contributed by atoms with van der Waals surface area (Å²) >= 11 is 0. The Labute approximate surface area is 124 Å². The highest BCUT2D eigenvalue weighted by Crippen LogP contribution is 2.15. The van der Waals surface area contributed by atoms with Crippen LogP contribution in [0, 0.1) is 0 Å². The Morgan fingerprint density at radius 2 is 2.24 bits per heavy atom. The number of carbonyl (C=O) groups excluding carboxylic acids is 1. The maximum Gasteiger partial charge on any atom is 0.269 e. The lowest BCUT2D eigenvalue weighted by Gasteiger charge is -2.34. The number of nitrogens with zero attached hydrogens (tertiary/aromatic N) is 3. The van der Waals surface area contributed by atoms with E-state index in [1.165, 1.54) is 4.68 Å². The van der Waals surface area contributed by atoms with Crippen molar-refractivity contribution in [2.45, 2.75) is 31.8 Å². The Kier molecular flexibility index (Phi) is 6.16. The summed E-state index contributed by atoms with van der Waals surface area (Å²) in [6, 6.07) is 1.86. The SMILES string of the molecule is O=C(NCCN1CCCC[C@H]1CO)c1ccnn1CCO.